The molecule has 10 aliphatic rings. The number of carbonyl (C=O) groups is 7. The van der Waals surface area contributed by atoms with Gasteiger partial charge in [-0.1, -0.05) is 0 Å². The number of aliphatic hydroxyl groups is 30. The normalized spacial score (nSPS) is 44.9. The molecule has 64 nitrogen and oxygen atoms in total. The standard InChI is InChI=1S/C81H136N6O58/c1-20-44(106)56(118)59(121)75(128-20)126-18-30(105)62(45(107)27(9-88)82-21(2)97)137-73-42(86-25(6)101)54(116)64(36(16-95)134-73)139-77-61(123)68(65(140-71-40(84-23(4)99)52(114)47(109)31(11-90)129-71)38(136-77)19-127-78-69(57(119)49(111)33(13-92)132-78)142-72-41(85-24(5)100)53(115)48(110)32(12-91)130-72)141-79-70(58(120)50(112)34(14-93)133-79)143-74-43(87-26(7)102)55(117)63(37(17-96)135-74)138-76-60(122)67(51(113)35(15-94)131-76)145-81(80(124)125)8-28(103)39(83-22(3)98)66(144-81)46(108)29(104)10-89/h20,27-79,88-96,103-123H,8-19H2,1-7H3,(H,82,97)(H,83,98)(H,84,99)(H,85,100)(H,86,101)(H,87,102)(H,124,125)/t20-,27-,28-,29+,30+,31+,32+,33+,34+,35+,36+,37+,38+,39+,40+,41+,42+,43+,44+,45+,46+,47+,48+,49+,50+,51-,52+,53+,54+,55+,56+,57-,58-,59-,60+,61-,62+,63+,64+,65+,66+,67-,68+,69-,70-,71-,72-,73-,74-,75+,76-,77-,78-,79+,81-/m0/s1. The van der Waals surface area contributed by atoms with Gasteiger partial charge in [0.15, 0.2) is 56.6 Å². The van der Waals surface area contributed by atoms with Crippen molar-refractivity contribution in [2.75, 3.05) is 72.7 Å². The Kier molecular flexibility index (Phi) is 44.5. The van der Waals surface area contributed by atoms with E-state index in [1.165, 1.54) is 6.92 Å². The van der Waals surface area contributed by atoms with Crippen LogP contribution in [0, 0.1) is 0 Å². The second-order valence-electron chi connectivity index (χ2n) is 36.5. The number of carboxylic acid groups (broad SMARTS) is 1. The number of rotatable bonds is 43. The molecule has 0 saturated carbocycles. The van der Waals surface area contributed by atoms with E-state index in [1.54, 1.807) is 0 Å². The Labute approximate surface area is 821 Å². The van der Waals surface area contributed by atoms with Gasteiger partial charge >= 0.3 is 5.97 Å². The molecule has 10 aliphatic heterocycles. The summed E-state index contributed by atoms with van der Waals surface area (Å²) in [5.41, 5.74) is 0. The van der Waals surface area contributed by atoms with E-state index in [4.69, 9.17) is 94.7 Å². The number of nitrogens with one attached hydrogen (secondary N) is 6. The largest absolute Gasteiger partial charge is 0.477 e. The van der Waals surface area contributed by atoms with Crippen LogP contribution in [0.25, 0.3) is 0 Å². The monoisotopic (exact) mass is 2120 g/mol. The van der Waals surface area contributed by atoms with Gasteiger partial charge in [-0.05, 0) is 6.92 Å². The molecule has 64 heteroatoms. The highest BCUT2D eigenvalue weighted by molar-refractivity contribution is 5.77. The van der Waals surface area contributed by atoms with Gasteiger partial charge < -0.3 is 285 Å². The van der Waals surface area contributed by atoms with Gasteiger partial charge in [0.05, 0.1) is 97.0 Å². The molecule has 0 aromatic rings. The highest BCUT2D eigenvalue weighted by atomic mass is 16.8. The van der Waals surface area contributed by atoms with Crippen molar-refractivity contribution in [2.24, 2.45) is 0 Å². The first kappa shape index (κ1) is 121. The Morgan fingerprint density at radius 3 is 1.14 bits per heavy atom. The second kappa shape index (κ2) is 53.2. The van der Waals surface area contributed by atoms with E-state index in [0.717, 1.165) is 41.5 Å². The molecule has 0 aromatic carbocycles. The Balaban J connectivity index is 1.08. The van der Waals surface area contributed by atoms with E-state index in [-0.39, 0.29) is 0 Å². The maximum absolute atomic E-state index is 13.5. The summed E-state index contributed by atoms with van der Waals surface area (Å²) in [4.78, 5) is 91.4. The van der Waals surface area contributed by atoms with Gasteiger partial charge in [-0.3, -0.25) is 28.8 Å². The lowest BCUT2D eigenvalue weighted by atomic mass is 9.88. The molecule has 10 fully saturated rings. The quantitative estimate of drug-likeness (QED) is 0.0270. The molecule has 55 atom stereocenters. The van der Waals surface area contributed by atoms with Crippen molar-refractivity contribution < 1.29 is 287 Å². The van der Waals surface area contributed by atoms with Crippen LogP contribution >= 0.6 is 0 Å². The van der Waals surface area contributed by atoms with Crippen LogP contribution in [0.5, 0.6) is 0 Å². The second-order valence-corrected chi connectivity index (χ2v) is 36.5. The van der Waals surface area contributed by atoms with E-state index in [9.17, 15) is 192 Å². The predicted molar refractivity (Wildman–Crippen MR) is 450 cm³/mol. The first-order valence-corrected chi connectivity index (χ1v) is 46.0. The highest BCUT2D eigenvalue weighted by Crippen LogP contribution is 2.44. The number of aliphatic carboxylic acids is 1. The molecule has 37 N–H and O–H groups in total. The topological polar surface area (TPSA) is 1000 Å². The Morgan fingerprint density at radius 1 is 0.331 bits per heavy atom. The summed E-state index contributed by atoms with van der Waals surface area (Å²) in [7, 11) is 0. The summed E-state index contributed by atoms with van der Waals surface area (Å²) >= 11 is 0. The summed E-state index contributed by atoms with van der Waals surface area (Å²) in [5.74, 6) is -11.7. The average Bonchev–Trinajstić information content (AvgIpc) is 0.788. The number of hydrogen-bond acceptors (Lipinski definition) is 57. The first-order chi connectivity index (χ1) is 68.3. The SMILES string of the molecule is CC(=O)N[C@H]1[C@H](O[C@@H]([C@H](O)[C@H](CO)NC(C)=O)[C@H](O)CO[C@@H]2O[C@@H](C)[C@@H](O)[C@@H](O)[C@@H]2O)O[C@H](CO)[C@@H](O[C@@H]2O[C@H](CO[C@H]3O[C@H](CO)[C@@H](O)[C@H](O)[C@@H]3O[C@@H]3O[C@H](CO)[C@@H](O)[C@H](O)[C@H]3NC(C)=O)[C@@H](O[C@@H]3O[C@H](CO)[C@@H](O)[C@H](O)[C@H]3NC(C)=O)[C@H](O[C@H]3O[C@H](CO)[C@@H](O)[C@H](O)[C@@H]3O[C@@H]3O[C@H](CO)[C@@H](O[C@@H]4O[C@H](CO)[C@H](O)[C@H](O[C@]5(C(=O)O)C[C@H](O)[C@@H](NC(C)=O)[C@H]([C@H](O)[C@H](O)CO)O5)[C@H]4O)[C@H](O)[C@H]3NC(C)=O)[C@@H]2O)[C@@H]1O. The number of carbonyl (C=O) groups excluding carboxylic acids is 6. The van der Waals surface area contributed by atoms with Gasteiger partial charge in [-0.15, -0.1) is 0 Å². The number of hydrogen-bond donors (Lipinski definition) is 37. The number of ether oxygens (including phenoxy) is 20. The fourth-order valence-electron chi connectivity index (χ4n) is 18.4. The van der Waals surface area contributed by atoms with E-state index >= 15 is 0 Å². The molecule has 0 aromatic heterocycles. The minimum absolute atomic E-state index is 0.814. The molecule has 10 rings (SSSR count). The van der Waals surface area contributed by atoms with Gasteiger partial charge in [0.2, 0.25) is 35.4 Å². The third kappa shape index (κ3) is 27.9. The van der Waals surface area contributed by atoms with Crippen LogP contribution in [-0.2, 0) is 128 Å². The molecule has 10 saturated heterocycles. The molecule has 0 bridgehead atoms. The molecular weight excluding hydrogens is 1980 g/mol. The number of aliphatic hydroxyl groups excluding tert-OH is 30. The molecule has 6 amide bonds. The van der Waals surface area contributed by atoms with Crippen LogP contribution in [0.15, 0.2) is 0 Å². The summed E-state index contributed by atoms with van der Waals surface area (Å²) < 4.78 is 122. The third-order valence-electron chi connectivity index (χ3n) is 26.0. The van der Waals surface area contributed by atoms with E-state index in [1.807, 2.05) is 0 Å². The van der Waals surface area contributed by atoms with Crippen molar-refractivity contribution in [1.29, 1.82) is 0 Å². The van der Waals surface area contributed by atoms with Crippen molar-refractivity contribution in [3.63, 3.8) is 0 Å². The zero-order valence-corrected chi connectivity index (χ0v) is 78.5. The van der Waals surface area contributed by atoms with Crippen molar-refractivity contribution in [1.82, 2.24) is 31.9 Å². The minimum atomic E-state index is -3.38. The van der Waals surface area contributed by atoms with Crippen molar-refractivity contribution in [2.45, 2.75) is 392 Å². The fourth-order valence-corrected chi connectivity index (χ4v) is 18.4. The lowest BCUT2D eigenvalue weighted by molar-refractivity contribution is -0.409. The van der Waals surface area contributed by atoms with Gasteiger partial charge in [-0.25, -0.2) is 4.79 Å². The van der Waals surface area contributed by atoms with Crippen molar-refractivity contribution in [3.05, 3.63) is 0 Å². The Bertz CT molecular complexity index is 4090. The zero-order valence-electron chi connectivity index (χ0n) is 78.5. The third-order valence-corrected chi connectivity index (χ3v) is 26.0. The summed E-state index contributed by atoms with van der Waals surface area (Å²) in [6.45, 7) is -7.38. The van der Waals surface area contributed by atoms with Crippen molar-refractivity contribution >= 4 is 41.4 Å². The maximum atomic E-state index is 13.5. The van der Waals surface area contributed by atoms with Crippen molar-refractivity contribution in [3.8, 4) is 0 Å². The molecule has 0 radical (unpaired) electrons. The summed E-state index contributed by atoms with van der Waals surface area (Å²) in [5, 5.41) is 366. The average molecular weight is 2120 g/mol. The van der Waals surface area contributed by atoms with Gasteiger partial charge in [-0.2, -0.15) is 0 Å². The Morgan fingerprint density at radius 2 is 0.703 bits per heavy atom. The first-order valence-electron chi connectivity index (χ1n) is 46.0. The van der Waals surface area contributed by atoms with Crippen LogP contribution in [0.1, 0.15) is 54.9 Å². The van der Waals surface area contributed by atoms with Gasteiger partial charge in [0.25, 0.3) is 5.79 Å². The van der Waals surface area contributed by atoms with Gasteiger partial charge in [0, 0.05) is 48.0 Å². The maximum Gasteiger partial charge on any atom is 0.364 e. The summed E-state index contributed by atoms with van der Waals surface area (Å²) in [6.07, 6.45) is -111. The van der Waals surface area contributed by atoms with E-state index in [2.05, 4.69) is 31.9 Å². The highest BCUT2D eigenvalue weighted by Gasteiger charge is 2.65. The number of amides is 6. The predicted octanol–water partition coefficient (Wildman–Crippen LogP) is -24.2. The fraction of sp³-hybridized carbons (Fsp3) is 0.914. The number of carboxylic acids is 1. The van der Waals surface area contributed by atoms with E-state index < -0.39 is 457 Å². The molecule has 0 spiro atoms. The molecule has 838 valence electrons. The lowest BCUT2D eigenvalue weighted by Crippen LogP contribution is -2.72. The minimum Gasteiger partial charge on any atom is -0.477 e. The van der Waals surface area contributed by atoms with Crippen LogP contribution in [0.2, 0.25) is 0 Å². The van der Waals surface area contributed by atoms with Crippen LogP contribution in [-0.4, -0.2) is 609 Å². The zero-order chi connectivity index (χ0) is 108. The van der Waals surface area contributed by atoms with E-state index in [0.29, 0.717) is 0 Å². The van der Waals surface area contributed by atoms with Gasteiger partial charge in [0.1, 0.15) is 250 Å². The summed E-state index contributed by atoms with van der Waals surface area (Å²) in [6, 6.07) is -12.1. The van der Waals surface area contributed by atoms with Crippen LogP contribution < -0.4 is 31.9 Å². The van der Waals surface area contributed by atoms with Crippen LogP contribution in [0.4, 0.5) is 0 Å². The van der Waals surface area contributed by atoms with Crippen LogP contribution in [0.3, 0.4) is 0 Å². The lowest BCUT2D eigenvalue weighted by Gasteiger charge is -2.52. The molecule has 145 heavy (non-hydrogen) atoms. The smallest absolute Gasteiger partial charge is 0.364 e. The molecule has 0 unspecified atom stereocenters. The Hall–Kier alpha value is -5.71. The molecular formula is C81H136N6O58. The molecule has 10 heterocycles. The molecule has 0 aliphatic carbocycles.